The van der Waals surface area contributed by atoms with E-state index < -0.39 is 17.6 Å². The van der Waals surface area contributed by atoms with Crippen LogP contribution in [0.3, 0.4) is 0 Å². The smallest absolute Gasteiger partial charge is 0.341 e. The van der Waals surface area contributed by atoms with Crippen molar-refractivity contribution < 1.29 is 18.0 Å². The SMILES string of the molecule is Cc1cc(C(=O)Nc2ccccc2C(F)(F)F)nc(N2CCCCCC2)n1. The van der Waals surface area contributed by atoms with Crippen LogP contribution in [0.5, 0.6) is 0 Å². The van der Waals surface area contributed by atoms with Gasteiger partial charge < -0.3 is 10.2 Å². The molecule has 0 unspecified atom stereocenters. The first kappa shape index (κ1) is 19.1. The monoisotopic (exact) mass is 378 g/mol. The van der Waals surface area contributed by atoms with Gasteiger partial charge in [0, 0.05) is 18.8 Å². The van der Waals surface area contributed by atoms with Crippen LogP contribution < -0.4 is 10.2 Å². The fourth-order valence-corrected chi connectivity index (χ4v) is 3.11. The number of hydrogen-bond acceptors (Lipinski definition) is 4. The highest BCUT2D eigenvalue weighted by Crippen LogP contribution is 2.34. The molecule has 1 N–H and O–H groups in total. The number of para-hydroxylation sites is 1. The minimum Gasteiger partial charge on any atom is -0.341 e. The standard InChI is InChI=1S/C19H21F3N4O/c1-13-12-16(25-18(23-13)26-10-6-2-3-7-11-26)17(27)24-15-9-5-4-8-14(15)19(20,21)22/h4-5,8-9,12H,2-3,6-7,10-11H2,1H3,(H,24,27). The number of nitrogens with one attached hydrogen (secondary N) is 1. The lowest BCUT2D eigenvalue weighted by molar-refractivity contribution is -0.136. The van der Waals surface area contributed by atoms with Crippen LogP contribution in [-0.4, -0.2) is 29.0 Å². The summed E-state index contributed by atoms with van der Waals surface area (Å²) < 4.78 is 39.4. The Hall–Kier alpha value is -2.64. The van der Waals surface area contributed by atoms with E-state index in [4.69, 9.17) is 0 Å². The summed E-state index contributed by atoms with van der Waals surface area (Å²) in [4.78, 5) is 23.3. The molecule has 1 fully saturated rings. The Morgan fingerprint density at radius 3 is 2.41 bits per heavy atom. The molecule has 0 spiro atoms. The van der Waals surface area contributed by atoms with Gasteiger partial charge in [-0.2, -0.15) is 13.2 Å². The van der Waals surface area contributed by atoms with E-state index in [2.05, 4.69) is 15.3 Å². The molecule has 144 valence electrons. The van der Waals surface area contributed by atoms with Crippen molar-refractivity contribution in [2.75, 3.05) is 23.3 Å². The zero-order chi connectivity index (χ0) is 19.4. The van der Waals surface area contributed by atoms with E-state index >= 15 is 0 Å². The number of aromatic nitrogens is 2. The van der Waals surface area contributed by atoms with Gasteiger partial charge in [-0.15, -0.1) is 0 Å². The van der Waals surface area contributed by atoms with Crippen LogP contribution in [0.4, 0.5) is 24.8 Å². The summed E-state index contributed by atoms with van der Waals surface area (Å²) in [5, 5.41) is 2.34. The molecule has 5 nitrogen and oxygen atoms in total. The Labute approximate surface area is 155 Å². The number of rotatable bonds is 3. The molecule has 0 radical (unpaired) electrons. The predicted octanol–water partition coefficient (Wildman–Crippen LogP) is 4.44. The number of anilines is 2. The molecule has 1 saturated heterocycles. The molecule has 2 heterocycles. The van der Waals surface area contributed by atoms with Crippen molar-refractivity contribution >= 4 is 17.5 Å². The van der Waals surface area contributed by atoms with Gasteiger partial charge >= 0.3 is 6.18 Å². The van der Waals surface area contributed by atoms with Crippen molar-refractivity contribution in [3.63, 3.8) is 0 Å². The molecule has 3 rings (SSSR count). The lowest BCUT2D eigenvalue weighted by Gasteiger charge is -2.21. The number of amides is 1. The van der Waals surface area contributed by atoms with Gasteiger partial charge in [-0.3, -0.25) is 4.79 Å². The third-order valence-electron chi connectivity index (χ3n) is 4.44. The summed E-state index contributed by atoms with van der Waals surface area (Å²) in [7, 11) is 0. The molecule has 0 atom stereocenters. The van der Waals surface area contributed by atoms with Crippen LogP contribution in [0.1, 0.15) is 47.4 Å². The molecular formula is C19H21F3N4O. The molecule has 1 amide bonds. The van der Waals surface area contributed by atoms with Crippen molar-refractivity contribution in [2.45, 2.75) is 38.8 Å². The molecule has 27 heavy (non-hydrogen) atoms. The summed E-state index contributed by atoms with van der Waals surface area (Å²) in [6, 6.07) is 6.37. The molecule has 1 aliphatic heterocycles. The van der Waals surface area contributed by atoms with Crippen molar-refractivity contribution in [1.82, 2.24) is 9.97 Å². The Morgan fingerprint density at radius 2 is 1.74 bits per heavy atom. The number of aryl methyl sites for hydroxylation is 1. The summed E-state index contributed by atoms with van der Waals surface area (Å²) in [6.07, 6.45) is -0.216. The lowest BCUT2D eigenvalue weighted by atomic mass is 10.1. The Balaban J connectivity index is 1.85. The number of halogens is 3. The van der Waals surface area contributed by atoms with E-state index in [0.717, 1.165) is 44.8 Å². The highest BCUT2D eigenvalue weighted by molar-refractivity contribution is 6.03. The molecule has 2 aromatic rings. The molecular weight excluding hydrogens is 357 g/mol. The number of alkyl halides is 3. The van der Waals surface area contributed by atoms with Gasteiger partial charge in [-0.1, -0.05) is 25.0 Å². The van der Waals surface area contributed by atoms with E-state index in [0.29, 0.717) is 11.6 Å². The first-order valence-corrected chi connectivity index (χ1v) is 8.93. The Bertz CT molecular complexity index is 815. The van der Waals surface area contributed by atoms with Crippen molar-refractivity contribution in [2.24, 2.45) is 0 Å². The number of hydrogen-bond donors (Lipinski definition) is 1. The van der Waals surface area contributed by atoms with Crippen LogP contribution >= 0.6 is 0 Å². The highest BCUT2D eigenvalue weighted by atomic mass is 19.4. The largest absolute Gasteiger partial charge is 0.418 e. The van der Waals surface area contributed by atoms with Gasteiger partial charge in [0.1, 0.15) is 5.69 Å². The maximum Gasteiger partial charge on any atom is 0.418 e. The lowest BCUT2D eigenvalue weighted by Crippen LogP contribution is -2.27. The summed E-state index contributed by atoms with van der Waals surface area (Å²) in [6.45, 7) is 3.35. The predicted molar refractivity (Wildman–Crippen MR) is 96.8 cm³/mol. The zero-order valence-corrected chi connectivity index (χ0v) is 15.0. The molecule has 0 bridgehead atoms. The minimum atomic E-state index is -4.55. The Kier molecular flexibility index (Phi) is 5.62. The topological polar surface area (TPSA) is 58.1 Å². The summed E-state index contributed by atoms with van der Waals surface area (Å²) >= 11 is 0. The van der Waals surface area contributed by atoms with Crippen molar-refractivity contribution in [3.05, 3.63) is 47.3 Å². The Morgan fingerprint density at radius 1 is 1.07 bits per heavy atom. The first-order valence-electron chi connectivity index (χ1n) is 8.93. The molecule has 0 aliphatic carbocycles. The van der Waals surface area contributed by atoms with Gasteiger partial charge in [0.05, 0.1) is 11.3 Å². The highest BCUT2D eigenvalue weighted by Gasteiger charge is 2.33. The van der Waals surface area contributed by atoms with Gasteiger partial charge in [0.25, 0.3) is 5.91 Å². The molecule has 1 aromatic carbocycles. The number of carbonyl (C=O) groups is 1. The summed E-state index contributed by atoms with van der Waals surface area (Å²) in [5.41, 5.74) is -0.531. The van der Waals surface area contributed by atoms with Gasteiger partial charge in [-0.05, 0) is 38.0 Å². The van der Waals surface area contributed by atoms with E-state index in [-0.39, 0.29) is 11.4 Å². The second-order valence-corrected chi connectivity index (χ2v) is 6.59. The minimum absolute atomic E-state index is 0.0544. The first-order chi connectivity index (χ1) is 12.8. The van der Waals surface area contributed by atoms with E-state index in [9.17, 15) is 18.0 Å². The molecule has 0 saturated carbocycles. The maximum atomic E-state index is 13.1. The number of carbonyl (C=O) groups excluding carboxylic acids is 1. The van der Waals surface area contributed by atoms with Crippen LogP contribution in [0.2, 0.25) is 0 Å². The van der Waals surface area contributed by atoms with Crippen LogP contribution in [-0.2, 0) is 6.18 Å². The van der Waals surface area contributed by atoms with E-state index in [1.807, 2.05) is 4.90 Å². The number of nitrogens with zero attached hydrogens (tertiary/aromatic N) is 3. The third-order valence-corrected chi connectivity index (χ3v) is 4.44. The fourth-order valence-electron chi connectivity index (χ4n) is 3.11. The fraction of sp³-hybridized carbons (Fsp3) is 0.421. The van der Waals surface area contributed by atoms with E-state index in [1.165, 1.54) is 24.3 Å². The third kappa shape index (κ3) is 4.75. The van der Waals surface area contributed by atoms with E-state index in [1.54, 1.807) is 6.92 Å². The average molecular weight is 378 g/mol. The van der Waals surface area contributed by atoms with Gasteiger partial charge in [-0.25, -0.2) is 9.97 Å². The zero-order valence-electron chi connectivity index (χ0n) is 15.0. The molecule has 1 aromatic heterocycles. The second kappa shape index (κ2) is 7.94. The van der Waals surface area contributed by atoms with Gasteiger partial charge in [0.2, 0.25) is 5.95 Å². The summed E-state index contributed by atoms with van der Waals surface area (Å²) in [5.74, 6) is -0.237. The number of benzene rings is 1. The normalized spacial score (nSPS) is 15.3. The van der Waals surface area contributed by atoms with Gasteiger partial charge in [0.15, 0.2) is 0 Å². The van der Waals surface area contributed by atoms with Crippen LogP contribution in [0, 0.1) is 6.92 Å². The van der Waals surface area contributed by atoms with Crippen molar-refractivity contribution in [3.8, 4) is 0 Å². The van der Waals surface area contributed by atoms with Crippen molar-refractivity contribution in [1.29, 1.82) is 0 Å². The average Bonchev–Trinajstić information content (AvgIpc) is 2.90. The molecule has 1 aliphatic rings. The van der Waals surface area contributed by atoms with Crippen LogP contribution in [0.25, 0.3) is 0 Å². The molecule has 8 heteroatoms. The maximum absolute atomic E-state index is 13.1. The van der Waals surface area contributed by atoms with Crippen LogP contribution in [0.15, 0.2) is 30.3 Å². The second-order valence-electron chi connectivity index (χ2n) is 6.59. The quantitative estimate of drug-likeness (QED) is 0.858.